The third-order valence-electron chi connectivity index (χ3n) is 3.97. The molecule has 2 aromatic carbocycles. The van der Waals surface area contributed by atoms with Crippen molar-refractivity contribution in [1.82, 2.24) is 10.4 Å². The van der Waals surface area contributed by atoms with Gasteiger partial charge in [0.2, 0.25) is 0 Å². The van der Waals surface area contributed by atoms with E-state index in [-0.39, 0.29) is 54.0 Å². The van der Waals surface area contributed by atoms with Gasteiger partial charge in [0.25, 0.3) is 0 Å². The van der Waals surface area contributed by atoms with Crippen molar-refractivity contribution in [2.24, 2.45) is 0 Å². The maximum atomic E-state index is 15.0. The van der Waals surface area contributed by atoms with Gasteiger partial charge < -0.3 is 14.0 Å². The second kappa shape index (κ2) is 9.20. The second-order valence-electron chi connectivity index (χ2n) is 5.76. The topological polar surface area (TPSA) is 74.5 Å². The van der Waals surface area contributed by atoms with Gasteiger partial charge in [0, 0.05) is 26.4 Å². The quantitative estimate of drug-likeness (QED) is 0.191. The van der Waals surface area contributed by atoms with Gasteiger partial charge in [-0.25, -0.2) is 8.78 Å². The number of fused-ring (bicyclic) bond motifs is 1. The summed E-state index contributed by atoms with van der Waals surface area (Å²) >= 11 is 1.98. The lowest BCUT2D eigenvalue weighted by molar-refractivity contribution is 0.0638. The molecule has 0 unspecified atom stereocenters. The van der Waals surface area contributed by atoms with Crippen LogP contribution in [0.1, 0.15) is 21.5 Å². The molecule has 3 aromatic rings. The molecular formula is C19H15F2IN2O4. The number of carbonyl (C=O) groups is 1. The normalized spacial score (nSPS) is 11.0. The maximum Gasteiger partial charge on any atom is 0.191 e. The molecule has 0 bridgehead atoms. The number of nitrogens with zero attached hydrogens (tertiary/aromatic N) is 2. The largest absolute Gasteiger partial charge is 0.499 e. The fourth-order valence-corrected chi connectivity index (χ4v) is 3.09. The molecule has 0 saturated carbocycles. The minimum Gasteiger partial charge on any atom is -0.499 e. The van der Waals surface area contributed by atoms with E-state index >= 15 is 0 Å². The van der Waals surface area contributed by atoms with Gasteiger partial charge in [0.1, 0.15) is 19.0 Å². The number of rotatable bonds is 9. The van der Waals surface area contributed by atoms with E-state index in [4.69, 9.17) is 14.0 Å². The Morgan fingerprint density at radius 2 is 2.11 bits per heavy atom. The third kappa shape index (κ3) is 4.53. The Balaban J connectivity index is 1.92. The highest BCUT2D eigenvalue weighted by Crippen LogP contribution is 2.27. The van der Waals surface area contributed by atoms with Crippen molar-refractivity contribution in [2.45, 2.75) is 6.42 Å². The van der Waals surface area contributed by atoms with E-state index in [1.807, 2.05) is 22.6 Å². The molecular weight excluding hydrogens is 485 g/mol. The Morgan fingerprint density at radius 1 is 1.29 bits per heavy atom. The predicted octanol–water partition coefficient (Wildman–Crippen LogP) is 4.06. The number of Topliss-reactive ketones (excluding diaryl/α,β-unsaturated/α-hetero) is 1. The van der Waals surface area contributed by atoms with Gasteiger partial charge >= 0.3 is 0 Å². The fraction of sp³-hybridized carbons (Fsp3) is 0.211. The SMILES string of the molecule is C=COCCOCC(=O)c1cc2onnc2c(F)c1Cc1ccc(I)cc1F. The van der Waals surface area contributed by atoms with Crippen molar-refractivity contribution in [3.8, 4) is 0 Å². The molecule has 0 atom stereocenters. The van der Waals surface area contributed by atoms with Gasteiger partial charge in [-0.1, -0.05) is 12.6 Å². The summed E-state index contributed by atoms with van der Waals surface area (Å²) in [5, 5.41) is 6.93. The molecule has 1 heterocycles. The average molecular weight is 500 g/mol. The zero-order valence-electron chi connectivity index (χ0n) is 14.6. The molecule has 0 saturated heterocycles. The summed E-state index contributed by atoms with van der Waals surface area (Å²) in [6.07, 6.45) is 1.14. The van der Waals surface area contributed by atoms with Crippen LogP contribution in [0.5, 0.6) is 0 Å². The lowest BCUT2D eigenvalue weighted by Gasteiger charge is -2.11. The first kappa shape index (κ1) is 20.3. The van der Waals surface area contributed by atoms with Gasteiger partial charge in [0.15, 0.2) is 22.7 Å². The molecule has 0 radical (unpaired) electrons. The molecule has 146 valence electrons. The number of ketones is 1. The van der Waals surface area contributed by atoms with Crippen molar-refractivity contribution in [2.75, 3.05) is 19.8 Å². The molecule has 1 aromatic heterocycles. The van der Waals surface area contributed by atoms with Crippen LogP contribution in [-0.2, 0) is 15.9 Å². The third-order valence-corrected chi connectivity index (χ3v) is 4.64. The fourth-order valence-electron chi connectivity index (χ4n) is 2.63. The van der Waals surface area contributed by atoms with E-state index in [0.29, 0.717) is 3.57 Å². The standard InChI is InChI=1S/C19H15F2IN2O4/c1-2-26-5-6-27-10-16(25)13-9-17-19(23-24-28-17)18(21)14(13)7-11-3-4-12(22)8-15(11)20/h2-4,8-9H,1,5-7,10H2. The molecule has 0 aliphatic carbocycles. The number of hydrogen-bond acceptors (Lipinski definition) is 6. The van der Waals surface area contributed by atoms with Gasteiger partial charge in [-0.15, -0.1) is 5.10 Å². The van der Waals surface area contributed by atoms with Crippen LogP contribution < -0.4 is 0 Å². The zero-order chi connectivity index (χ0) is 20.1. The molecule has 0 N–H and O–H groups in total. The average Bonchev–Trinajstić information content (AvgIpc) is 3.14. The highest BCUT2D eigenvalue weighted by molar-refractivity contribution is 14.1. The molecule has 6 nitrogen and oxygen atoms in total. The van der Waals surface area contributed by atoms with Crippen molar-refractivity contribution in [3.63, 3.8) is 0 Å². The van der Waals surface area contributed by atoms with Gasteiger partial charge in [-0.05, 0) is 46.4 Å². The van der Waals surface area contributed by atoms with E-state index in [1.54, 1.807) is 12.1 Å². The highest BCUT2D eigenvalue weighted by atomic mass is 127. The van der Waals surface area contributed by atoms with Crippen molar-refractivity contribution < 1.29 is 27.6 Å². The molecule has 28 heavy (non-hydrogen) atoms. The summed E-state index contributed by atoms with van der Waals surface area (Å²) < 4.78 is 45.0. The first-order valence-electron chi connectivity index (χ1n) is 8.22. The number of benzene rings is 2. The molecule has 0 amide bonds. The smallest absolute Gasteiger partial charge is 0.191 e. The summed E-state index contributed by atoms with van der Waals surface area (Å²) in [6.45, 7) is 3.50. The van der Waals surface area contributed by atoms with E-state index in [0.717, 1.165) is 0 Å². The monoisotopic (exact) mass is 500 g/mol. The lowest BCUT2D eigenvalue weighted by atomic mass is 9.95. The van der Waals surface area contributed by atoms with Crippen LogP contribution in [0.15, 0.2) is 41.6 Å². The minimum atomic E-state index is -0.768. The molecule has 9 heteroatoms. The summed E-state index contributed by atoms with van der Waals surface area (Å²) in [5.74, 6) is -1.73. The zero-order valence-corrected chi connectivity index (χ0v) is 16.7. The highest BCUT2D eigenvalue weighted by Gasteiger charge is 2.23. The Morgan fingerprint density at radius 3 is 2.86 bits per heavy atom. The summed E-state index contributed by atoms with van der Waals surface area (Å²) in [4.78, 5) is 12.6. The maximum absolute atomic E-state index is 15.0. The van der Waals surface area contributed by atoms with Gasteiger partial charge in [-0.3, -0.25) is 4.79 Å². The number of aromatic nitrogens is 2. The minimum absolute atomic E-state index is 0.0132. The van der Waals surface area contributed by atoms with E-state index in [9.17, 15) is 13.6 Å². The molecule has 0 aliphatic heterocycles. The van der Waals surface area contributed by atoms with Crippen LogP contribution >= 0.6 is 22.6 Å². The molecule has 0 fully saturated rings. The van der Waals surface area contributed by atoms with Crippen molar-refractivity contribution >= 4 is 39.5 Å². The van der Waals surface area contributed by atoms with E-state index in [2.05, 4.69) is 16.9 Å². The first-order chi connectivity index (χ1) is 13.5. The van der Waals surface area contributed by atoms with Crippen molar-refractivity contribution in [1.29, 1.82) is 0 Å². The Labute approximate surface area is 172 Å². The number of halogens is 3. The van der Waals surface area contributed by atoms with E-state index in [1.165, 1.54) is 18.4 Å². The summed E-state index contributed by atoms with van der Waals surface area (Å²) in [6, 6.07) is 5.95. The van der Waals surface area contributed by atoms with Crippen LogP contribution in [0.4, 0.5) is 8.78 Å². The van der Waals surface area contributed by atoms with Crippen molar-refractivity contribution in [3.05, 3.63) is 69.0 Å². The second-order valence-corrected chi connectivity index (χ2v) is 7.01. The van der Waals surface area contributed by atoms with E-state index < -0.39 is 17.4 Å². The van der Waals surface area contributed by atoms with Crippen LogP contribution in [0.25, 0.3) is 11.1 Å². The lowest BCUT2D eigenvalue weighted by Crippen LogP contribution is -2.15. The molecule has 0 spiro atoms. The summed E-state index contributed by atoms with van der Waals surface area (Å²) in [7, 11) is 0. The van der Waals surface area contributed by atoms with Gasteiger partial charge in [0.05, 0.1) is 12.9 Å². The Hall–Kier alpha value is -2.40. The number of ether oxygens (including phenoxy) is 2. The van der Waals surface area contributed by atoms with Crippen LogP contribution in [-0.4, -0.2) is 36.0 Å². The van der Waals surface area contributed by atoms with Crippen LogP contribution in [0.3, 0.4) is 0 Å². The molecule has 0 aliphatic rings. The summed E-state index contributed by atoms with van der Waals surface area (Å²) in [5.41, 5.74) is 0.218. The Bertz CT molecular complexity index is 1020. The van der Waals surface area contributed by atoms with Crippen LogP contribution in [0.2, 0.25) is 0 Å². The first-order valence-corrected chi connectivity index (χ1v) is 9.30. The van der Waals surface area contributed by atoms with Gasteiger partial charge in [-0.2, -0.15) is 0 Å². The molecule has 3 rings (SSSR count). The van der Waals surface area contributed by atoms with Crippen LogP contribution in [0, 0.1) is 15.2 Å². The number of carbonyl (C=O) groups excluding carboxylic acids is 1. The number of hydrogen-bond donors (Lipinski definition) is 0. The Kier molecular flexibility index (Phi) is 6.68. The predicted molar refractivity (Wildman–Crippen MR) is 105 cm³/mol.